The third-order valence-electron chi connectivity index (χ3n) is 2.21. The lowest BCUT2D eigenvalue weighted by molar-refractivity contribution is -0.870. The Morgan fingerprint density at radius 2 is 1.83 bits per heavy atom. The average molecular weight is 586 g/mol. The maximum Gasteiger partial charge on any atom is 0.339 e. The van der Waals surface area contributed by atoms with Crippen LogP contribution in [0.15, 0.2) is 12.1 Å². The van der Waals surface area contributed by atoms with Crippen molar-refractivity contribution in [1.29, 1.82) is 0 Å². The first kappa shape index (κ1) is 16.9. The van der Waals surface area contributed by atoms with Gasteiger partial charge >= 0.3 is 5.97 Å². The molecule has 18 heavy (non-hydrogen) atoms. The van der Waals surface area contributed by atoms with Crippen molar-refractivity contribution in [3.05, 3.63) is 28.4 Å². The van der Waals surface area contributed by atoms with E-state index in [1.807, 2.05) is 12.1 Å². The van der Waals surface area contributed by atoms with E-state index in [0.29, 0.717) is 12.2 Å². The second-order valence-electron chi connectivity index (χ2n) is 4.90. The summed E-state index contributed by atoms with van der Waals surface area (Å²) in [6.45, 7) is 1.25. The first-order chi connectivity index (χ1) is 8.20. The molecule has 1 aromatic rings. The minimum absolute atomic E-state index is 0.232. The SMILES string of the molecule is C[N+](C)(C)CCOC(=O)c1cc(I)cc(I)c1I. The zero-order chi connectivity index (χ0) is 13.9. The highest BCUT2D eigenvalue weighted by Gasteiger charge is 2.16. The summed E-state index contributed by atoms with van der Waals surface area (Å²) in [7, 11) is 6.23. The third kappa shape index (κ3) is 5.45. The van der Waals surface area contributed by atoms with Crippen LogP contribution in [-0.2, 0) is 4.74 Å². The number of ether oxygens (including phenoxy) is 1. The van der Waals surface area contributed by atoms with Gasteiger partial charge in [0, 0.05) is 10.7 Å². The molecule has 0 aromatic heterocycles. The van der Waals surface area contributed by atoms with E-state index in [1.165, 1.54) is 0 Å². The molecule has 6 heteroatoms. The topological polar surface area (TPSA) is 26.3 Å². The summed E-state index contributed by atoms with van der Waals surface area (Å²) >= 11 is 6.64. The molecule has 0 fully saturated rings. The van der Waals surface area contributed by atoms with Crippen LogP contribution in [0.3, 0.4) is 0 Å². The van der Waals surface area contributed by atoms with Gasteiger partial charge in [0.2, 0.25) is 0 Å². The van der Waals surface area contributed by atoms with E-state index >= 15 is 0 Å². The van der Waals surface area contributed by atoms with E-state index in [4.69, 9.17) is 4.74 Å². The first-order valence-electron chi connectivity index (χ1n) is 5.33. The second kappa shape index (κ2) is 7.02. The van der Waals surface area contributed by atoms with Crippen molar-refractivity contribution in [1.82, 2.24) is 0 Å². The van der Waals surface area contributed by atoms with Gasteiger partial charge in [-0.3, -0.25) is 0 Å². The van der Waals surface area contributed by atoms with E-state index in [9.17, 15) is 4.79 Å². The molecular weight excluding hydrogens is 571 g/mol. The molecule has 0 amide bonds. The van der Waals surface area contributed by atoms with Gasteiger partial charge in [-0.15, -0.1) is 0 Å². The van der Waals surface area contributed by atoms with Gasteiger partial charge in [0.25, 0.3) is 0 Å². The van der Waals surface area contributed by atoms with Crippen molar-refractivity contribution in [3.63, 3.8) is 0 Å². The van der Waals surface area contributed by atoms with Crippen molar-refractivity contribution in [2.24, 2.45) is 0 Å². The van der Waals surface area contributed by atoms with Gasteiger partial charge in [0.1, 0.15) is 13.2 Å². The number of nitrogens with zero attached hydrogens (tertiary/aromatic N) is 1. The molecule has 0 N–H and O–H groups in total. The lowest BCUT2D eigenvalue weighted by atomic mass is 10.2. The minimum atomic E-state index is -0.232. The molecule has 3 nitrogen and oxygen atoms in total. The van der Waals surface area contributed by atoms with Gasteiger partial charge in [-0.2, -0.15) is 0 Å². The number of hydrogen-bond donors (Lipinski definition) is 0. The highest BCUT2D eigenvalue weighted by Crippen LogP contribution is 2.23. The van der Waals surface area contributed by atoms with Crippen LogP contribution in [0.1, 0.15) is 10.4 Å². The molecule has 0 saturated heterocycles. The Labute approximate surface area is 149 Å². The number of carbonyl (C=O) groups is 1. The molecule has 0 aliphatic heterocycles. The van der Waals surface area contributed by atoms with Crippen LogP contribution in [0.2, 0.25) is 0 Å². The van der Waals surface area contributed by atoms with Crippen LogP contribution in [-0.4, -0.2) is 44.7 Å². The molecule has 0 aliphatic carbocycles. The Morgan fingerprint density at radius 1 is 1.22 bits per heavy atom. The number of hydrogen-bond acceptors (Lipinski definition) is 2. The molecule has 0 spiro atoms. The highest BCUT2D eigenvalue weighted by atomic mass is 127. The second-order valence-corrected chi connectivity index (χ2v) is 8.39. The van der Waals surface area contributed by atoms with Gasteiger partial charge in [-0.1, -0.05) is 0 Å². The smallest absolute Gasteiger partial charge is 0.339 e. The van der Waals surface area contributed by atoms with Crippen LogP contribution in [0.25, 0.3) is 0 Å². The maximum absolute atomic E-state index is 12.0. The minimum Gasteiger partial charge on any atom is -0.456 e. The quantitative estimate of drug-likeness (QED) is 0.235. The molecule has 0 saturated carbocycles. The Morgan fingerprint density at radius 3 is 2.39 bits per heavy atom. The number of esters is 1. The van der Waals surface area contributed by atoms with Gasteiger partial charge in [-0.05, 0) is 79.9 Å². The summed E-state index contributed by atoms with van der Waals surface area (Å²) in [4.78, 5) is 12.0. The molecule has 0 bridgehead atoms. The van der Waals surface area contributed by atoms with Crippen molar-refractivity contribution in [3.8, 4) is 0 Å². The lowest BCUT2D eigenvalue weighted by Crippen LogP contribution is -2.38. The molecule has 1 aromatic carbocycles. The summed E-state index contributed by atoms with van der Waals surface area (Å²) in [5, 5.41) is 0. The summed E-state index contributed by atoms with van der Waals surface area (Å²) < 4.78 is 9.21. The maximum atomic E-state index is 12.0. The largest absolute Gasteiger partial charge is 0.456 e. The lowest BCUT2D eigenvalue weighted by Gasteiger charge is -2.23. The van der Waals surface area contributed by atoms with Gasteiger partial charge in [-0.25, -0.2) is 4.79 Å². The molecule has 0 radical (unpaired) electrons. The van der Waals surface area contributed by atoms with E-state index < -0.39 is 0 Å². The van der Waals surface area contributed by atoms with Crippen LogP contribution in [0.5, 0.6) is 0 Å². The predicted molar refractivity (Wildman–Crippen MR) is 97.8 cm³/mol. The summed E-state index contributed by atoms with van der Waals surface area (Å²) in [6, 6.07) is 3.92. The van der Waals surface area contributed by atoms with Crippen LogP contribution >= 0.6 is 67.8 Å². The zero-order valence-corrected chi connectivity index (χ0v) is 16.9. The van der Waals surface area contributed by atoms with Gasteiger partial charge in [0.05, 0.1) is 26.7 Å². The molecule has 100 valence electrons. The van der Waals surface area contributed by atoms with E-state index in [2.05, 4.69) is 88.9 Å². The number of quaternary nitrogens is 1. The highest BCUT2D eigenvalue weighted by molar-refractivity contribution is 14.1. The van der Waals surface area contributed by atoms with Crippen molar-refractivity contribution in [2.45, 2.75) is 0 Å². The normalized spacial score (nSPS) is 11.4. The summed E-state index contributed by atoms with van der Waals surface area (Å²) in [5.41, 5.74) is 0.660. The van der Waals surface area contributed by atoms with Gasteiger partial charge < -0.3 is 9.22 Å². The summed E-state index contributed by atoms with van der Waals surface area (Å²) in [6.07, 6.45) is 0. The Bertz CT molecular complexity index is 455. The Hall–Kier alpha value is 0.840. The van der Waals surface area contributed by atoms with Crippen LogP contribution < -0.4 is 0 Å². The van der Waals surface area contributed by atoms with Crippen molar-refractivity contribution < 1.29 is 14.0 Å². The predicted octanol–water partition coefficient (Wildman–Crippen LogP) is 3.36. The molecule has 0 atom stereocenters. The monoisotopic (exact) mass is 586 g/mol. The number of carbonyl (C=O) groups excluding carboxylic acids is 1. The molecular formula is C12H15I3NO2+. The number of benzene rings is 1. The fourth-order valence-corrected chi connectivity index (χ4v) is 3.57. The fourth-order valence-electron chi connectivity index (χ4n) is 1.19. The molecule has 0 aliphatic rings. The van der Waals surface area contributed by atoms with E-state index in [1.54, 1.807) is 0 Å². The third-order valence-corrected chi connectivity index (χ3v) is 5.88. The van der Waals surface area contributed by atoms with E-state index in [-0.39, 0.29) is 5.97 Å². The zero-order valence-electron chi connectivity index (χ0n) is 10.5. The standard InChI is InChI=1S/C12H15I3NO2/c1-16(2,3)4-5-18-12(17)9-6-8(13)7-10(14)11(9)15/h6-7H,4-5H2,1-3H3/q+1. The Balaban J connectivity index is 2.73. The van der Waals surface area contributed by atoms with E-state index in [0.717, 1.165) is 21.7 Å². The molecule has 1 rings (SSSR count). The van der Waals surface area contributed by atoms with Crippen LogP contribution in [0.4, 0.5) is 0 Å². The number of likely N-dealkylation sites (N-methyl/N-ethyl adjacent to an activating group) is 1. The molecule has 0 unspecified atom stereocenters. The number of halogens is 3. The van der Waals surface area contributed by atoms with Crippen LogP contribution in [0, 0.1) is 10.7 Å². The average Bonchev–Trinajstić information content (AvgIpc) is 2.21. The Kier molecular flexibility index (Phi) is 6.59. The fraction of sp³-hybridized carbons (Fsp3) is 0.417. The first-order valence-corrected chi connectivity index (χ1v) is 8.56. The van der Waals surface area contributed by atoms with Gasteiger partial charge in [0.15, 0.2) is 0 Å². The summed E-state index contributed by atoms with van der Waals surface area (Å²) in [5.74, 6) is -0.232. The van der Waals surface area contributed by atoms with Crippen molar-refractivity contribution in [2.75, 3.05) is 34.3 Å². The number of rotatable bonds is 4. The molecule has 0 heterocycles. The van der Waals surface area contributed by atoms with Crippen molar-refractivity contribution >= 4 is 73.7 Å².